The smallest absolute Gasteiger partial charge is 0.333 e. The predicted octanol–water partition coefficient (Wildman–Crippen LogP) is 3.32. The molecule has 1 unspecified atom stereocenters. The van der Waals surface area contributed by atoms with Crippen LogP contribution in [0, 0.1) is 0 Å². The van der Waals surface area contributed by atoms with Crippen molar-refractivity contribution in [3.8, 4) is 0 Å². The van der Waals surface area contributed by atoms with Gasteiger partial charge in [0.2, 0.25) is 0 Å². The van der Waals surface area contributed by atoms with Gasteiger partial charge in [0.25, 0.3) is 0 Å². The van der Waals surface area contributed by atoms with Crippen LogP contribution in [0.3, 0.4) is 0 Å². The summed E-state index contributed by atoms with van der Waals surface area (Å²) < 4.78 is 10.7. The number of carbonyl (C=O) groups excluding carboxylic acids is 2. The highest BCUT2D eigenvalue weighted by atomic mass is 16.6. The molecule has 0 spiro atoms. The van der Waals surface area contributed by atoms with Gasteiger partial charge in [0.15, 0.2) is 0 Å². The zero-order chi connectivity index (χ0) is 15.2. The largest absolute Gasteiger partial charge is 0.458 e. The highest BCUT2D eigenvalue weighted by molar-refractivity contribution is 5.87. The van der Waals surface area contributed by atoms with Crippen molar-refractivity contribution >= 4 is 11.9 Å². The van der Waals surface area contributed by atoms with E-state index in [1.54, 1.807) is 13.0 Å². The number of hydrogen-bond acceptors (Lipinski definition) is 4. The van der Waals surface area contributed by atoms with E-state index < -0.39 is 17.7 Å². The molecular weight excluding hydrogens is 256 g/mol. The highest BCUT2D eigenvalue weighted by Gasteiger charge is 2.35. The fraction of sp³-hybridized carbons (Fsp3) is 0.625. The molecule has 1 aliphatic rings. The number of hydrogen-bond donors (Lipinski definition) is 0. The topological polar surface area (TPSA) is 52.6 Å². The maximum absolute atomic E-state index is 12.0. The molecular formula is C16H24O4. The summed E-state index contributed by atoms with van der Waals surface area (Å²) in [5.74, 6) is -0.808. The lowest BCUT2D eigenvalue weighted by atomic mass is 10.0. The summed E-state index contributed by atoms with van der Waals surface area (Å²) in [5.41, 5.74) is -0.191. The van der Waals surface area contributed by atoms with Gasteiger partial charge in [0, 0.05) is 5.57 Å². The Morgan fingerprint density at radius 2 is 1.95 bits per heavy atom. The molecule has 0 amide bonds. The molecule has 0 radical (unpaired) electrons. The molecule has 1 saturated carbocycles. The normalized spacial score (nSPS) is 18.1. The molecule has 1 aliphatic carbocycles. The van der Waals surface area contributed by atoms with Crippen molar-refractivity contribution in [1.29, 1.82) is 0 Å². The minimum absolute atomic E-state index is 0.0745. The van der Waals surface area contributed by atoms with Crippen LogP contribution in [-0.2, 0) is 19.1 Å². The molecule has 112 valence electrons. The van der Waals surface area contributed by atoms with Crippen molar-refractivity contribution in [2.24, 2.45) is 0 Å². The summed E-state index contributed by atoms with van der Waals surface area (Å²) in [5, 5.41) is 0. The summed E-state index contributed by atoms with van der Waals surface area (Å²) >= 11 is 0. The van der Waals surface area contributed by atoms with Gasteiger partial charge in [-0.1, -0.05) is 20.1 Å². The lowest BCUT2D eigenvalue weighted by Crippen LogP contribution is -2.32. The molecule has 0 heterocycles. The molecule has 0 N–H and O–H groups in total. The van der Waals surface area contributed by atoms with Crippen molar-refractivity contribution in [3.63, 3.8) is 0 Å². The Bertz CT molecular complexity index is 391. The maximum atomic E-state index is 12.0. The third kappa shape index (κ3) is 4.51. The van der Waals surface area contributed by atoms with E-state index in [0.717, 1.165) is 25.7 Å². The third-order valence-electron chi connectivity index (χ3n) is 3.61. The van der Waals surface area contributed by atoms with Gasteiger partial charge >= 0.3 is 11.9 Å². The second-order valence-electron chi connectivity index (χ2n) is 5.37. The molecule has 0 aliphatic heterocycles. The van der Waals surface area contributed by atoms with E-state index in [0.29, 0.717) is 12.0 Å². The van der Waals surface area contributed by atoms with Crippen LogP contribution >= 0.6 is 0 Å². The van der Waals surface area contributed by atoms with Gasteiger partial charge in [0.05, 0.1) is 6.42 Å². The molecule has 0 aromatic carbocycles. The maximum Gasteiger partial charge on any atom is 0.333 e. The van der Waals surface area contributed by atoms with Gasteiger partial charge in [0.1, 0.15) is 11.7 Å². The van der Waals surface area contributed by atoms with Crippen molar-refractivity contribution in [1.82, 2.24) is 0 Å². The minimum Gasteiger partial charge on any atom is -0.458 e. The lowest BCUT2D eigenvalue weighted by molar-refractivity contribution is -0.160. The van der Waals surface area contributed by atoms with Gasteiger partial charge in [-0.05, 0) is 45.1 Å². The second-order valence-corrected chi connectivity index (χ2v) is 5.37. The first-order valence-electron chi connectivity index (χ1n) is 7.14. The minimum atomic E-state index is -0.520. The van der Waals surface area contributed by atoms with Gasteiger partial charge in [-0.3, -0.25) is 4.79 Å². The van der Waals surface area contributed by atoms with Gasteiger partial charge < -0.3 is 9.47 Å². The zero-order valence-electron chi connectivity index (χ0n) is 12.4. The number of esters is 2. The van der Waals surface area contributed by atoms with Crippen molar-refractivity contribution < 1.29 is 19.1 Å². The Balaban J connectivity index is 2.52. The quantitative estimate of drug-likeness (QED) is 0.408. The molecule has 0 aromatic heterocycles. The first-order chi connectivity index (χ1) is 9.42. The predicted molar refractivity (Wildman–Crippen MR) is 77.1 cm³/mol. The van der Waals surface area contributed by atoms with Crippen LogP contribution < -0.4 is 0 Å². The Morgan fingerprint density at radius 1 is 1.35 bits per heavy atom. The van der Waals surface area contributed by atoms with Crippen molar-refractivity contribution in [2.45, 2.75) is 64.1 Å². The molecule has 0 aromatic rings. The summed E-state index contributed by atoms with van der Waals surface area (Å²) in [6, 6.07) is 0. The molecule has 1 atom stereocenters. The molecule has 20 heavy (non-hydrogen) atoms. The Kier molecular flexibility index (Phi) is 5.99. The molecule has 1 rings (SSSR count). The summed E-state index contributed by atoms with van der Waals surface area (Å²) in [7, 11) is 0. The van der Waals surface area contributed by atoms with E-state index in [2.05, 4.69) is 13.2 Å². The Hall–Kier alpha value is -1.58. The second kappa shape index (κ2) is 7.27. The van der Waals surface area contributed by atoms with E-state index >= 15 is 0 Å². The van der Waals surface area contributed by atoms with E-state index in [1.165, 1.54) is 0 Å². The van der Waals surface area contributed by atoms with Crippen molar-refractivity contribution in [2.75, 3.05) is 0 Å². The monoisotopic (exact) mass is 280 g/mol. The van der Waals surface area contributed by atoms with E-state index in [-0.39, 0.29) is 12.4 Å². The van der Waals surface area contributed by atoms with Gasteiger partial charge in [-0.2, -0.15) is 0 Å². The molecule has 4 nitrogen and oxygen atoms in total. The SMILES string of the molecule is C=CC1(OC(=O)CC(CC)OC(=O)C(=C)C)CCCC1. The van der Waals surface area contributed by atoms with Crippen LogP contribution in [0.1, 0.15) is 52.4 Å². The van der Waals surface area contributed by atoms with Crippen LogP contribution in [0.2, 0.25) is 0 Å². The Morgan fingerprint density at radius 3 is 2.40 bits per heavy atom. The molecule has 4 heteroatoms. The van der Waals surface area contributed by atoms with Crippen LogP contribution in [0.25, 0.3) is 0 Å². The first-order valence-corrected chi connectivity index (χ1v) is 7.14. The summed E-state index contributed by atoms with van der Waals surface area (Å²) in [4.78, 5) is 23.5. The van der Waals surface area contributed by atoms with Gasteiger partial charge in [-0.25, -0.2) is 4.79 Å². The molecule has 1 fully saturated rings. The van der Waals surface area contributed by atoms with Crippen LogP contribution in [0.4, 0.5) is 0 Å². The number of rotatable bonds is 7. The highest BCUT2D eigenvalue weighted by Crippen LogP contribution is 2.34. The summed E-state index contributed by atoms with van der Waals surface area (Å²) in [6.07, 6.45) is 5.63. The number of carbonyl (C=O) groups is 2. The third-order valence-corrected chi connectivity index (χ3v) is 3.61. The fourth-order valence-electron chi connectivity index (χ4n) is 2.30. The van der Waals surface area contributed by atoms with Crippen LogP contribution in [0.5, 0.6) is 0 Å². The standard InChI is InChI=1S/C16H24O4/c1-5-13(19-15(18)12(3)4)11-14(17)20-16(6-2)9-7-8-10-16/h6,13H,2-3,5,7-11H2,1,4H3. The molecule has 0 saturated heterocycles. The fourth-order valence-corrected chi connectivity index (χ4v) is 2.30. The van der Waals surface area contributed by atoms with E-state index in [1.807, 2.05) is 6.92 Å². The van der Waals surface area contributed by atoms with Crippen LogP contribution in [0.15, 0.2) is 24.8 Å². The van der Waals surface area contributed by atoms with Crippen LogP contribution in [-0.4, -0.2) is 23.6 Å². The average Bonchev–Trinajstić information content (AvgIpc) is 2.86. The summed E-state index contributed by atoms with van der Waals surface area (Å²) in [6.45, 7) is 10.7. The Labute approximate surface area is 120 Å². The molecule has 0 bridgehead atoms. The average molecular weight is 280 g/mol. The van der Waals surface area contributed by atoms with E-state index in [4.69, 9.17) is 9.47 Å². The van der Waals surface area contributed by atoms with Crippen molar-refractivity contribution in [3.05, 3.63) is 24.8 Å². The number of ether oxygens (including phenoxy) is 2. The lowest BCUT2D eigenvalue weighted by Gasteiger charge is -2.26. The first kappa shape index (κ1) is 16.5. The zero-order valence-corrected chi connectivity index (χ0v) is 12.4. The van der Waals surface area contributed by atoms with Gasteiger partial charge in [-0.15, -0.1) is 0 Å². The van der Waals surface area contributed by atoms with E-state index in [9.17, 15) is 9.59 Å².